The summed E-state index contributed by atoms with van der Waals surface area (Å²) in [4.78, 5) is 0. The Morgan fingerprint density at radius 1 is 1.47 bits per heavy atom. The molecule has 0 unspecified atom stereocenters. The van der Waals surface area contributed by atoms with Gasteiger partial charge in [0.25, 0.3) is 0 Å². The maximum absolute atomic E-state index is 4.23. The average molecular weight is 233 g/mol. The van der Waals surface area contributed by atoms with Crippen LogP contribution in [0.1, 0.15) is 37.8 Å². The van der Waals surface area contributed by atoms with Crippen molar-refractivity contribution in [3.8, 4) is 0 Å². The molecule has 94 valence electrons. The van der Waals surface area contributed by atoms with Crippen LogP contribution in [0.4, 0.5) is 0 Å². The zero-order valence-electron chi connectivity index (χ0n) is 10.9. The van der Waals surface area contributed by atoms with E-state index in [9.17, 15) is 0 Å². The molecule has 0 aliphatic heterocycles. The van der Waals surface area contributed by atoms with Crippen LogP contribution in [0.15, 0.2) is 17.8 Å². The van der Waals surface area contributed by atoms with Gasteiger partial charge in [0.05, 0.1) is 5.69 Å². The van der Waals surface area contributed by atoms with E-state index in [1.165, 1.54) is 43.4 Å². The van der Waals surface area contributed by atoms with Crippen LogP contribution in [0, 0.1) is 5.92 Å². The highest BCUT2D eigenvalue weighted by Crippen LogP contribution is 2.30. The molecule has 2 rings (SSSR count). The van der Waals surface area contributed by atoms with Crippen molar-refractivity contribution in [3.63, 3.8) is 0 Å². The molecule has 1 N–H and O–H groups in total. The Balaban J connectivity index is 2.15. The summed E-state index contributed by atoms with van der Waals surface area (Å²) in [7, 11) is 4.03. The third-order valence-electron chi connectivity index (χ3n) is 3.70. The predicted octanol–water partition coefficient (Wildman–Crippen LogP) is 2.60. The molecule has 1 heterocycles. The number of aryl methyl sites for hydroxylation is 1. The van der Waals surface area contributed by atoms with Crippen molar-refractivity contribution in [2.24, 2.45) is 13.0 Å². The molecule has 1 aliphatic carbocycles. The van der Waals surface area contributed by atoms with Crippen LogP contribution in [0.25, 0.3) is 6.08 Å². The summed E-state index contributed by atoms with van der Waals surface area (Å²) >= 11 is 0. The number of hydrogen-bond donors (Lipinski definition) is 1. The number of likely N-dealkylation sites (N-methyl/N-ethyl adjacent to an activating group) is 1. The molecule has 0 aromatic carbocycles. The molecule has 3 nitrogen and oxygen atoms in total. The predicted molar refractivity (Wildman–Crippen MR) is 71.7 cm³/mol. The third-order valence-corrected chi connectivity index (χ3v) is 3.70. The standard InChI is InChI=1S/C14H23N3/c1-15-11-13(12-6-4-3-5-7-12)10-14-8-9-16-17(14)2/h8-10,12,15H,3-7,11H2,1-2H3. The van der Waals surface area contributed by atoms with Gasteiger partial charge in [0.1, 0.15) is 0 Å². The Morgan fingerprint density at radius 2 is 2.24 bits per heavy atom. The molecule has 0 radical (unpaired) electrons. The first kappa shape index (κ1) is 12.4. The average Bonchev–Trinajstić information content (AvgIpc) is 2.76. The lowest BCUT2D eigenvalue weighted by atomic mass is 9.83. The third kappa shape index (κ3) is 3.19. The van der Waals surface area contributed by atoms with E-state index in [2.05, 4.69) is 22.6 Å². The fourth-order valence-electron chi connectivity index (χ4n) is 2.71. The normalized spacial score (nSPS) is 18.6. The Bertz CT molecular complexity index is 373. The number of aromatic nitrogens is 2. The molecular weight excluding hydrogens is 210 g/mol. The van der Waals surface area contributed by atoms with E-state index in [1.807, 2.05) is 25.0 Å². The van der Waals surface area contributed by atoms with Crippen LogP contribution in [-0.2, 0) is 7.05 Å². The number of nitrogens with zero attached hydrogens (tertiary/aromatic N) is 2. The van der Waals surface area contributed by atoms with Crippen LogP contribution in [0.2, 0.25) is 0 Å². The van der Waals surface area contributed by atoms with Crippen molar-refractivity contribution in [1.82, 2.24) is 15.1 Å². The van der Waals surface area contributed by atoms with E-state index in [4.69, 9.17) is 0 Å². The molecular formula is C14H23N3. The van der Waals surface area contributed by atoms with Crippen LogP contribution >= 0.6 is 0 Å². The minimum absolute atomic E-state index is 0.770. The van der Waals surface area contributed by atoms with E-state index >= 15 is 0 Å². The molecule has 1 aliphatic rings. The van der Waals surface area contributed by atoms with Gasteiger partial charge >= 0.3 is 0 Å². The Kier molecular flexibility index (Phi) is 4.37. The van der Waals surface area contributed by atoms with Crippen molar-refractivity contribution in [3.05, 3.63) is 23.5 Å². The molecule has 0 atom stereocenters. The number of rotatable bonds is 4. The van der Waals surface area contributed by atoms with Crippen molar-refractivity contribution in [2.45, 2.75) is 32.1 Å². The largest absolute Gasteiger partial charge is 0.316 e. The fraction of sp³-hybridized carbons (Fsp3) is 0.643. The minimum Gasteiger partial charge on any atom is -0.316 e. The molecule has 0 saturated heterocycles. The molecule has 0 spiro atoms. The molecule has 1 aromatic heterocycles. The van der Waals surface area contributed by atoms with Gasteiger partial charge in [-0.1, -0.05) is 24.8 Å². The van der Waals surface area contributed by atoms with Gasteiger partial charge in [-0.3, -0.25) is 4.68 Å². The van der Waals surface area contributed by atoms with Crippen LogP contribution < -0.4 is 5.32 Å². The first-order valence-corrected chi connectivity index (χ1v) is 6.64. The zero-order chi connectivity index (χ0) is 12.1. The van der Waals surface area contributed by atoms with Gasteiger partial charge in [-0.25, -0.2) is 0 Å². The summed E-state index contributed by atoms with van der Waals surface area (Å²) < 4.78 is 1.94. The molecule has 1 saturated carbocycles. The van der Waals surface area contributed by atoms with E-state index in [0.29, 0.717) is 0 Å². The Hall–Kier alpha value is -1.09. The summed E-state index contributed by atoms with van der Waals surface area (Å²) in [6.07, 6.45) is 11.1. The van der Waals surface area contributed by atoms with E-state index in [1.54, 1.807) is 0 Å². The SMILES string of the molecule is CNCC(=Cc1ccnn1C)C1CCCCC1. The van der Waals surface area contributed by atoms with Gasteiger partial charge in [0, 0.05) is 19.8 Å². The number of hydrogen-bond acceptors (Lipinski definition) is 2. The first-order valence-electron chi connectivity index (χ1n) is 6.64. The van der Waals surface area contributed by atoms with Crippen molar-refractivity contribution < 1.29 is 0 Å². The van der Waals surface area contributed by atoms with Crippen LogP contribution in [-0.4, -0.2) is 23.4 Å². The molecule has 0 bridgehead atoms. The second-order valence-corrected chi connectivity index (χ2v) is 4.96. The summed E-state index contributed by atoms with van der Waals surface area (Å²) in [6.45, 7) is 0.996. The van der Waals surface area contributed by atoms with Gasteiger partial charge in [0.15, 0.2) is 0 Å². The lowest BCUT2D eigenvalue weighted by molar-refractivity contribution is 0.398. The Labute approximate surface area is 104 Å². The Morgan fingerprint density at radius 3 is 2.82 bits per heavy atom. The molecule has 0 amide bonds. The highest BCUT2D eigenvalue weighted by Gasteiger charge is 2.17. The van der Waals surface area contributed by atoms with Crippen molar-refractivity contribution >= 4 is 6.08 Å². The fourth-order valence-corrected chi connectivity index (χ4v) is 2.71. The van der Waals surface area contributed by atoms with Crippen LogP contribution in [0.5, 0.6) is 0 Å². The summed E-state index contributed by atoms with van der Waals surface area (Å²) in [5.41, 5.74) is 2.75. The monoisotopic (exact) mass is 233 g/mol. The summed E-state index contributed by atoms with van der Waals surface area (Å²) in [6, 6.07) is 2.08. The van der Waals surface area contributed by atoms with Gasteiger partial charge in [0.2, 0.25) is 0 Å². The van der Waals surface area contributed by atoms with Gasteiger partial charge < -0.3 is 5.32 Å². The van der Waals surface area contributed by atoms with Gasteiger partial charge in [-0.2, -0.15) is 5.10 Å². The quantitative estimate of drug-likeness (QED) is 0.866. The lowest BCUT2D eigenvalue weighted by Gasteiger charge is -2.24. The zero-order valence-corrected chi connectivity index (χ0v) is 10.9. The maximum Gasteiger partial charge on any atom is 0.0606 e. The van der Waals surface area contributed by atoms with Crippen molar-refractivity contribution in [2.75, 3.05) is 13.6 Å². The highest BCUT2D eigenvalue weighted by atomic mass is 15.2. The number of nitrogens with one attached hydrogen (secondary N) is 1. The second kappa shape index (κ2) is 6.01. The molecule has 1 fully saturated rings. The minimum atomic E-state index is 0.770. The molecule has 1 aromatic rings. The van der Waals surface area contributed by atoms with Gasteiger partial charge in [-0.15, -0.1) is 0 Å². The molecule has 3 heteroatoms. The van der Waals surface area contributed by atoms with E-state index in [0.717, 1.165) is 12.5 Å². The van der Waals surface area contributed by atoms with E-state index < -0.39 is 0 Å². The lowest BCUT2D eigenvalue weighted by Crippen LogP contribution is -2.19. The first-order chi connectivity index (χ1) is 8.31. The smallest absolute Gasteiger partial charge is 0.0606 e. The summed E-state index contributed by atoms with van der Waals surface area (Å²) in [5, 5.41) is 7.53. The topological polar surface area (TPSA) is 29.9 Å². The van der Waals surface area contributed by atoms with E-state index in [-0.39, 0.29) is 0 Å². The second-order valence-electron chi connectivity index (χ2n) is 4.96. The van der Waals surface area contributed by atoms with Crippen LogP contribution in [0.3, 0.4) is 0 Å². The maximum atomic E-state index is 4.23. The molecule has 17 heavy (non-hydrogen) atoms. The highest BCUT2D eigenvalue weighted by molar-refractivity contribution is 5.50. The van der Waals surface area contributed by atoms with Crippen molar-refractivity contribution in [1.29, 1.82) is 0 Å². The summed E-state index contributed by atoms with van der Waals surface area (Å²) in [5.74, 6) is 0.770. The van der Waals surface area contributed by atoms with Gasteiger partial charge in [-0.05, 0) is 37.9 Å².